The van der Waals surface area contributed by atoms with Gasteiger partial charge in [0, 0.05) is 29.1 Å². The highest BCUT2D eigenvalue weighted by molar-refractivity contribution is 6.27. The molecular weight excluding hydrogens is 605 g/mol. The van der Waals surface area contributed by atoms with Gasteiger partial charge in [0.2, 0.25) is 0 Å². The molecule has 8 aromatic carbocycles. The van der Waals surface area contributed by atoms with E-state index >= 15 is 0 Å². The minimum Gasteiger partial charge on any atom is -0.300 e. The van der Waals surface area contributed by atoms with Crippen LogP contribution in [0.5, 0.6) is 0 Å². The summed E-state index contributed by atoms with van der Waals surface area (Å²) in [6.45, 7) is 4.79. The predicted octanol–water partition coefficient (Wildman–Crippen LogP) is 12.6. The van der Waals surface area contributed by atoms with Crippen molar-refractivity contribution >= 4 is 32.3 Å². The van der Waals surface area contributed by atoms with E-state index in [0.717, 1.165) is 17.1 Å². The zero-order valence-corrected chi connectivity index (χ0v) is 28.1. The lowest BCUT2D eigenvalue weighted by Crippen LogP contribution is -2.16. The molecule has 0 bridgehead atoms. The largest absolute Gasteiger partial charge is 0.300 e. The van der Waals surface area contributed by atoms with Crippen LogP contribution in [0.2, 0.25) is 0 Å². The maximum Gasteiger partial charge on any atom is 0.144 e. The van der Waals surface area contributed by atoms with Crippen molar-refractivity contribution in [3.63, 3.8) is 0 Å². The second kappa shape index (κ2) is 10.9. The lowest BCUT2D eigenvalue weighted by Gasteiger charge is -2.25. The first-order valence-electron chi connectivity index (χ1n) is 17.4. The summed E-state index contributed by atoms with van der Waals surface area (Å²) in [4.78, 5) is 4.98. The summed E-state index contributed by atoms with van der Waals surface area (Å²) in [7, 11) is 0. The molecule has 1 heterocycles. The van der Waals surface area contributed by atoms with Crippen molar-refractivity contribution in [2.24, 2.45) is 0 Å². The molecule has 0 saturated carbocycles. The highest BCUT2D eigenvalue weighted by atomic mass is 15.1. The second-order valence-corrected chi connectivity index (χ2v) is 14.0. The number of imidazole rings is 1. The summed E-state index contributed by atoms with van der Waals surface area (Å²) in [6, 6.07) is 57.6. The van der Waals surface area contributed by atoms with Crippen LogP contribution in [0.25, 0.3) is 82.8 Å². The van der Waals surface area contributed by atoms with E-state index in [9.17, 15) is 0 Å². The van der Waals surface area contributed by atoms with Gasteiger partial charge in [-0.05, 0) is 101 Å². The van der Waals surface area contributed by atoms with E-state index in [-0.39, 0.29) is 5.41 Å². The molecular formula is C48H34N2. The fraction of sp³-hybridized carbons (Fsp3) is 0.0625. The van der Waals surface area contributed by atoms with Gasteiger partial charge in [0.1, 0.15) is 5.82 Å². The minimum absolute atomic E-state index is 0.212. The summed E-state index contributed by atoms with van der Waals surface area (Å²) < 4.78 is 2.24. The van der Waals surface area contributed by atoms with E-state index in [1.807, 2.05) is 6.20 Å². The van der Waals surface area contributed by atoms with Crippen LogP contribution < -0.4 is 0 Å². The smallest absolute Gasteiger partial charge is 0.144 e. The average molecular weight is 639 g/mol. The van der Waals surface area contributed by atoms with Gasteiger partial charge >= 0.3 is 0 Å². The van der Waals surface area contributed by atoms with Gasteiger partial charge in [0.25, 0.3) is 0 Å². The number of fused-ring (bicyclic) bond motifs is 10. The molecule has 2 nitrogen and oxygen atoms in total. The second-order valence-electron chi connectivity index (χ2n) is 14.0. The Morgan fingerprint density at radius 1 is 0.460 bits per heavy atom. The SMILES string of the molecule is CC1(C)c2cc(-c3nccn3-c3cc(-c4ccccc4)cc(-c4ccccc4)c3)ccc2-c2ccc3c4ccccc4c4ccccc4c3c21. The fourth-order valence-electron chi connectivity index (χ4n) is 8.51. The first kappa shape index (κ1) is 28.7. The molecule has 0 fully saturated rings. The average Bonchev–Trinajstić information content (AvgIpc) is 3.76. The summed E-state index contributed by atoms with van der Waals surface area (Å²) in [5.41, 5.74) is 12.1. The monoisotopic (exact) mass is 638 g/mol. The Morgan fingerprint density at radius 2 is 1.00 bits per heavy atom. The molecule has 1 aromatic heterocycles. The van der Waals surface area contributed by atoms with Crippen molar-refractivity contribution in [3.05, 3.63) is 181 Å². The molecule has 1 aliphatic carbocycles. The van der Waals surface area contributed by atoms with Gasteiger partial charge in [-0.25, -0.2) is 4.98 Å². The van der Waals surface area contributed by atoms with Crippen LogP contribution in [0.15, 0.2) is 170 Å². The highest BCUT2D eigenvalue weighted by Crippen LogP contribution is 2.54. The lowest BCUT2D eigenvalue weighted by atomic mass is 9.78. The lowest BCUT2D eigenvalue weighted by molar-refractivity contribution is 0.667. The standard InChI is InChI=1S/C48H34N2/c1-48(2)44-30-33(21-22-40(44)43-24-23-42-39-19-10-9-17-37(39)38-18-11-12-20-41(38)45(42)46(43)48)47-49-25-26-50(47)36-28-34(31-13-5-3-6-14-31)27-35(29-36)32-15-7-4-8-16-32/h3-30H,1-2H3. The van der Waals surface area contributed by atoms with E-state index in [1.54, 1.807) is 0 Å². The molecule has 0 radical (unpaired) electrons. The number of hydrogen-bond donors (Lipinski definition) is 0. The van der Waals surface area contributed by atoms with Gasteiger partial charge in [-0.1, -0.05) is 147 Å². The zero-order valence-electron chi connectivity index (χ0n) is 28.1. The Balaban J connectivity index is 1.15. The van der Waals surface area contributed by atoms with Crippen LogP contribution in [0.1, 0.15) is 25.0 Å². The van der Waals surface area contributed by atoms with Crippen molar-refractivity contribution in [1.29, 1.82) is 0 Å². The maximum atomic E-state index is 4.98. The Morgan fingerprint density at radius 3 is 1.64 bits per heavy atom. The molecule has 0 atom stereocenters. The molecule has 0 amide bonds. The maximum absolute atomic E-state index is 4.98. The molecule has 0 unspecified atom stereocenters. The number of aromatic nitrogens is 2. The molecule has 9 aromatic rings. The third kappa shape index (κ3) is 4.25. The Hall–Kier alpha value is -6.25. The first-order chi connectivity index (χ1) is 24.6. The zero-order chi connectivity index (χ0) is 33.4. The number of hydrogen-bond acceptors (Lipinski definition) is 1. The number of nitrogens with zero attached hydrogens (tertiary/aromatic N) is 2. The normalized spacial score (nSPS) is 13.2. The van der Waals surface area contributed by atoms with Gasteiger partial charge < -0.3 is 0 Å². The van der Waals surface area contributed by atoms with Crippen LogP contribution in [0.3, 0.4) is 0 Å². The third-order valence-corrected chi connectivity index (χ3v) is 10.8. The number of rotatable bonds is 4. The first-order valence-corrected chi connectivity index (χ1v) is 17.4. The van der Waals surface area contributed by atoms with Crippen LogP contribution in [-0.2, 0) is 5.41 Å². The van der Waals surface area contributed by atoms with Crippen molar-refractivity contribution in [2.45, 2.75) is 19.3 Å². The highest BCUT2D eigenvalue weighted by Gasteiger charge is 2.38. The van der Waals surface area contributed by atoms with Gasteiger partial charge in [0.15, 0.2) is 0 Å². The summed E-state index contributed by atoms with van der Waals surface area (Å²) in [5.74, 6) is 0.935. The minimum atomic E-state index is -0.212. The molecule has 1 aliphatic rings. The Labute approximate surface area is 291 Å². The summed E-state index contributed by atoms with van der Waals surface area (Å²) in [6.07, 6.45) is 4.01. The van der Waals surface area contributed by atoms with Crippen LogP contribution >= 0.6 is 0 Å². The van der Waals surface area contributed by atoms with Crippen LogP contribution in [0, 0.1) is 0 Å². The van der Waals surface area contributed by atoms with Gasteiger partial charge in [-0.15, -0.1) is 0 Å². The van der Waals surface area contributed by atoms with Gasteiger partial charge in [-0.3, -0.25) is 4.57 Å². The molecule has 0 aliphatic heterocycles. The van der Waals surface area contributed by atoms with E-state index in [4.69, 9.17) is 4.98 Å². The molecule has 0 saturated heterocycles. The van der Waals surface area contributed by atoms with Crippen molar-refractivity contribution in [3.8, 4) is 50.5 Å². The fourth-order valence-corrected chi connectivity index (χ4v) is 8.51. The summed E-state index contributed by atoms with van der Waals surface area (Å²) >= 11 is 0. The van der Waals surface area contributed by atoms with E-state index in [2.05, 4.69) is 182 Å². The Bertz CT molecular complexity index is 2680. The number of benzene rings is 8. The molecule has 2 heteroatoms. The quantitative estimate of drug-likeness (QED) is 0.175. The van der Waals surface area contributed by atoms with Crippen molar-refractivity contribution in [2.75, 3.05) is 0 Å². The van der Waals surface area contributed by atoms with Crippen LogP contribution in [-0.4, -0.2) is 9.55 Å². The van der Waals surface area contributed by atoms with Crippen molar-refractivity contribution in [1.82, 2.24) is 9.55 Å². The predicted molar refractivity (Wildman–Crippen MR) is 210 cm³/mol. The van der Waals surface area contributed by atoms with Gasteiger partial charge in [0.05, 0.1) is 0 Å². The van der Waals surface area contributed by atoms with Gasteiger partial charge in [-0.2, -0.15) is 0 Å². The Kier molecular flexibility index (Phi) is 6.25. The molecule has 50 heavy (non-hydrogen) atoms. The third-order valence-electron chi connectivity index (χ3n) is 10.8. The van der Waals surface area contributed by atoms with E-state index in [0.29, 0.717) is 0 Å². The molecule has 0 spiro atoms. The van der Waals surface area contributed by atoms with Crippen LogP contribution in [0.4, 0.5) is 0 Å². The van der Waals surface area contributed by atoms with E-state index in [1.165, 1.54) is 76.8 Å². The molecule has 10 rings (SSSR count). The molecule has 236 valence electrons. The molecule has 0 N–H and O–H groups in total. The topological polar surface area (TPSA) is 17.8 Å². The summed E-state index contributed by atoms with van der Waals surface area (Å²) in [5, 5.41) is 7.94. The van der Waals surface area contributed by atoms with E-state index < -0.39 is 0 Å². The van der Waals surface area contributed by atoms with Crippen molar-refractivity contribution < 1.29 is 0 Å².